The number of aliphatic hydroxyl groups excluding tert-OH is 1. The number of β-amino-alcohol motifs (C(OH)–C–C–N with tert-alkyl or cyclic N) is 1. The molecule has 18 nitrogen and oxygen atoms in total. The average Bonchev–Trinajstić information content (AvgIpc) is 4.14. The van der Waals surface area contributed by atoms with Crippen molar-refractivity contribution < 1.29 is 29.1 Å². The zero-order chi connectivity index (χ0) is 51.3. The molecule has 5 aromatic rings. The number of benzene rings is 1. The van der Waals surface area contributed by atoms with Crippen molar-refractivity contribution in [3.05, 3.63) is 87.0 Å². The summed E-state index contributed by atoms with van der Waals surface area (Å²) in [6.07, 6.45) is 6.54. The Hall–Kier alpha value is -7.04. The minimum atomic E-state index is -0.963. The predicted octanol–water partition coefficient (Wildman–Crippen LogP) is 5.62. The first-order valence-corrected chi connectivity index (χ1v) is 25.5. The lowest BCUT2D eigenvalue weighted by Crippen LogP contribution is -2.57. The molecule has 6 heterocycles. The molecule has 1 saturated carbocycles. The smallest absolute Gasteiger partial charge is 0.263 e. The van der Waals surface area contributed by atoms with Gasteiger partial charge in [-0.25, -0.2) is 15.0 Å². The number of hydrogen-bond acceptors (Lipinski definition) is 14. The average molecular weight is 998 g/mol. The highest BCUT2D eigenvalue weighted by molar-refractivity contribution is 7.13. The summed E-state index contributed by atoms with van der Waals surface area (Å²) in [5, 5.41) is 20.2. The molecule has 0 spiro atoms. The van der Waals surface area contributed by atoms with Gasteiger partial charge < -0.3 is 35.8 Å². The molecule has 378 valence electrons. The number of ketones is 1. The fourth-order valence-corrected chi connectivity index (χ4v) is 10.6. The number of aromatic nitrogens is 5. The quantitative estimate of drug-likeness (QED) is 0.0785. The van der Waals surface area contributed by atoms with Gasteiger partial charge in [-0.2, -0.15) is 4.98 Å². The first-order chi connectivity index (χ1) is 34.5. The van der Waals surface area contributed by atoms with E-state index >= 15 is 0 Å². The van der Waals surface area contributed by atoms with Crippen LogP contribution in [0.25, 0.3) is 21.5 Å². The summed E-state index contributed by atoms with van der Waals surface area (Å²) in [7, 11) is 0. The number of aliphatic hydroxyl groups is 1. The molecular weight excluding hydrogens is 935 g/mol. The number of carbonyl (C=O) groups excluding carboxylic acids is 5. The second-order valence-electron chi connectivity index (χ2n) is 20.0. The summed E-state index contributed by atoms with van der Waals surface area (Å²) in [6.45, 7) is 13.1. The van der Waals surface area contributed by atoms with Crippen molar-refractivity contribution in [3.8, 4) is 22.3 Å². The Kier molecular flexibility index (Phi) is 15.8. The molecule has 4 N–H and O–H groups in total. The molecule has 4 amide bonds. The van der Waals surface area contributed by atoms with Crippen LogP contribution in [-0.4, -0.2) is 120 Å². The molecule has 4 aromatic heterocycles. The van der Waals surface area contributed by atoms with Crippen molar-refractivity contribution in [3.63, 3.8) is 0 Å². The topological polar surface area (TPSA) is 225 Å². The van der Waals surface area contributed by atoms with Crippen LogP contribution >= 0.6 is 11.3 Å². The maximum atomic E-state index is 14.0. The van der Waals surface area contributed by atoms with E-state index < -0.39 is 29.5 Å². The number of rotatable bonds is 14. The number of pyridine rings is 2. The molecule has 2 aliphatic heterocycles. The minimum absolute atomic E-state index is 0.0103. The third-order valence-electron chi connectivity index (χ3n) is 13.8. The molecule has 1 aromatic carbocycles. The Balaban J connectivity index is 0.782. The normalized spacial score (nSPS) is 17.6. The Morgan fingerprint density at radius 2 is 1.67 bits per heavy atom. The number of likely N-dealkylation sites (tertiary alicyclic amines) is 1. The van der Waals surface area contributed by atoms with Gasteiger partial charge in [-0.15, -0.1) is 17.3 Å². The SMILES string of the molecule is CC(=O)c1c(C)c2cnc(Nc3ccc(N4CCN(C(=O)CC#CCCC(=O)N[C@H](C(=O)N5C[C@H](O)C[C@H]5C(=O)NCc5ccc(-c6scnc6C)cc5)C(C)(C)C)CC4)cn3)nc2n(C2CCCC2)c1=O. The van der Waals surface area contributed by atoms with Crippen LogP contribution in [0.2, 0.25) is 0 Å². The summed E-state index contributed by atoms with van der Waals surface area (Å²) in [5.74, 6) is 5.09. The van der Waals surface area contributed by atoms with E-state index in [1.165, 1.54) is 11.8 Å². The summed E-state index contributed by atoms with van der Waals surface area (Å²) in [4.78, 5) is 105. The number of amides is 4. The van der Waals surface area contributed by atoms with Crippen LogP contribution in [0.3, 0.4) is 0 Å². The van der Waals surface area contributed by atoms with Crippen molar-refractivity contribution >= 4 is 69.2 Å². The van der Waals surface area contributed by atoms with Crippen molar-refractivity contribution in [1.29, 1.82) is 0 Å². The molecular formula is C53H63N11O7S. The number of fused-ring (bicyclic) bond motifs is 1. The Labute approximate surface area is 423 Å². The van der Waals surface area contributed by atoms with E-state index in [4.69, 9.17) is 4.98 Å². The second-order valence-corrected chi connectivity index (χ2v) is 20.8. The number of thiazole rings is 1. The summed E-state index contributed by atoms with van der Waals surface area (Å²) < 4.78 is 1.68. The first-order valence-electron chi connectivity index (χ1n) is 24.7. The van der Waals surface area contributed by atoms with E-state index in [1.807, 2.05) is 69.6 Å². The van der Waals surface area contributed by atoms with Crippen LogP contribution in [0.4, 0.5) is 17.5 Å². The van der Waals surface area contributed by atoms with Gasteiger partial charge in [-0.1, -0.05) is 63.8 Å². The Morgan fingerprint density at radius 1 is 0.931 bits per heavy atom. The van der Waals surface area contributed by atoms with Crippen LogP contribution < -0.4 is 26.4 Å². The van der Waals surface area contributed by atoms with Crippen LogP contribution in [-0.2, 0) is 25.7 Å². The number of carbonyl (C=O) groups is 5. The van der Waals surface area contributed by atoms with E-state index in [2.05, 4.69) is 47.6 Å². The third kappa shape index (κ3) is 11.7. The molecule has 0 unspecified atom stereocenters. The summed E-state index contributed by atoms with van der Waals surface area (Å²) in [6, 6.07) is 9.73. The van der Waals surface area contributed by atoms with E-state index in [0.29, 0.717) is 48.6 Å². The largest absolute Gasteiger partial charge is 0.391 e. The first kappa shape index (κ1) is 51.3. The number of Topliss-reactive ketones (excluding diaryl/α,β-unsaturated/α-hetero) is 1. The lowest BCUT2D eigenvalue weighted by molar-refractivity contribution is -0.144. The fraction of sp³-hybridized carbons (Fsp3) is 0.472. The highest BCUT2D eigenvalue weighted by Crippen LogP contribution is 2.33. The molecule has 72 heavy (non-hydrogen) atoms. The monoisotopic (exact) mass is 997 g/mol. The molecule has 8 rings (SSSR count). The van der Waals surface area contributed by atoms with Gasteiger partial charge in [0.05, 0.1) is 46.1 Å². The number of nitrogens with zero attached hydrogens (tertiary/aromatic N) is 8. The van der Waals surface area contributed by atoms with E-state index in [-0.39, 0.29) is 85.4 Å². The maximum Gasteiger partial charge on any atom is 0.263 e. The zero-order valence-corrected chi connectivity index (χ0v) is 42.6. The molecule has 1 aliphatic carbocycles. The predicted molar refractivity (Wildman–Crippen MR) is 276 cm³/mol. The summed E-state index contributed by atoms with van der Waals surface area (Å²) >= 11 is 1.57. The molecule has 0 bridgehead atoms. The third-order valence-corrected chi connectivity index (χ3v) is 14.8. The molecule has 3 atom stereocenters. The lowest BCUT2D eigenvalue weighted by Gasteiger charge is -2.35. The van der Waals surface area contributed by atoms with Gasteiger partial charge in [0, 0.05) is 76.2 Å². The number of aryl methyl sites for hydroxylation is 2. The van der Waals surface area contributed by atoms with Crippen molar-refractivity contribution in [1.82, 2.24) is 44.9 Å². The summed E-state index contributed by atoms with van der Waals surface area (Å²) in [5.41, 5.74) is 5.84. The van der Waals surface area contributed by atoms with Crippen molar-refractivity contribution in [2.75, 3.05) is 42.9 Å². The Bertz CT molecular complexity index is 2960. The second kappa shape index (κ2) is 22.2. The van der Waals surface area contributed by atoms with E-state index in [1.54, 1.807) is 40.1 Å². The highest BCUT2D eigenvalue weighted by Gasteiger charge is 2.44. The molecule has 0 radical (unpaired) electrons. The lowest BCUT2D eigenvalue weighted by atomic mass is 9.85. The van der Waals surface area contributed by atoms with E-state index in [9.17, 15) is 33.9 Å². The molecule has 3 fully saturated rings. The van der Waals surface area contributed by atoms with Crippen LogP contribution in [0, 0.1) is 31.1 Å². The standard InChI is InChI=1S/C53H63N11O7S/c1-32-40-29-56-52(60-48(40)64(37-12-10-11-13-37)50(70)45(32)34(3)65)58-42-21-20-38(28-54-42)61-22-24-62(25-23-61)44(68)15-9-7-8-14-43(67)59-47(53(4,5)6)51(71)63-30-39(66)26-41(63)49(69)55-27-35-16-18-36(19-17-35)46-33(2)57-31-72-46/h16-21,28-29,31,37,39,41,47,66H,8,10-15,22-27,30H2,1-6H3,(H,55,69)(H,59,67)(H,54,56,58,60)/t39-,41+,47-/m1/s1. The van der Waals surface area contributed by atoms with Gasteiger partial charge in [0.15, 0.2) is 5.78 Å². The Morgan fingerprint density at radius 3 is 2.32 bits per heavy atom. The van der Waals surface area contributed by atoms with Gasteiger partial charge in [-0.05, 0) is 67.9 Å². The van der Waals surface area contributed by atoms with Crippen molar-refractivity contribution in [2.24, 2.45) is 5.41 Å². The van der Waals surface area contributed by atoms with Gasteiger partial charge >= 0.3 is 0 Å². The molecule has 3 aliphatic rings. The highest BCUT2D eigenvalue weighted by atomic mass is 32.1. The fourth-order valence-electron chi connectivity index (χ4n) is 9.81. The number of piperazine rings is 1. The maximum absolute atomic E-state index is 14.0. The number of hydrogen-bond donors (Lipinski definition) is 4. The minimum Gasteiger partial charge on any atom is -0.391 e. The van der Waals surface area contributed by atoms with Gasteiger partial charge in [-0.3, -0.25) is 33.3 Å². The van der Waals surface area contributed by atoms with Gasteiger partial charge in [0.25, 0.3) is 5.56 Å². The van der Waals surface area contributed by atoms with Gasteiger partial charge in [0.1, 0.15) is 23.5 Å². The van der Waals surface area contributed by atoms with E-state index in [0.717, 1.165) is 53.1 Å². The van der Waals surface area contributed by atoms with Crippen LogP contribution in [0.15, 0.2) is 59.1 Å². The zero-order valence-electron chi connectivity index (χ0n) is 41.8. The number of nitrogens with one attached hydrogen (secondary N) is 3. The van der Waals surface area contributed by atoms with Crippen LogP contribution in [0.1, 0.15) is 112 Å². The molecule has 19 heteroatoms. The molecule has 2 saturated heterocycles. The van der Waals surface area contributed by atoms with Crippen molar-refractivity contribution in [2.45, 2.75) is 124 Å². The van der Waals surface area contributed by atoms with Gasteiger partial charge in [0.2, 0.25) is 29.6 Å². The van der Waals surface area contributed by atoms with Crippen LogP contribution in [0.5, 0.6) is 0 Å². The number of anilines is 3.